The van der Waals surface area contributed by atoms with Crippen LogP contribution in [0.1, 0.15) is 59.3 Å². The smallest absolute Gasteiger partial charge is 0.306 e. The van der Waals surface area contributed by atoms with Crippen molar-refractivity contribution in [2.45, 2.75) is 59.3 Å². The minimum absolute atomic E-state index is 0.142. The number of aliphatic carboxylic acids is 1. The predicted molar refractivity (Wildman–Crippen MR) is 59.3 cm³/mol. The van der Waals surface area contributed by atoms with Gasteiger partial charge in [0.05, 0.1) is 5.92 Å². The van der Waals surface area contributed by atoms with Gasteiger partial charge in [0.1, 0.15) is 0 Å². The van der Waals surface area contributed by atoms with Crippen LogP contribution in [0.15, 0.2) is 0 Å². The third kappa shape index (κ3) is 5.25. The molecule has 0 rings (SSSR count). The van der Waals surface area contributed by atoms with Crippen LogP contribution in [0, 0.1) is 11.8 Å². The summed E-state index contributed by atoms with van der Waals surface area (Å²) in [5.41, 5.74) is 0. The molecule has 0 aromatic heterocycles. The Morgan fingerprint density at radius 2 is 1.86 bits per heavy atom. The molecule has 0 amide bonds. The van der Waals surface area contributed by atoms with Gasteiger partial charge in [-0.25, -0.2) is 0 Å². The number of unbranched alkanes of at least 4 members (excludes halogenated alkanes) is 3. The maximum Gasteiger partial charge on any atom is 0.306 e. The Bertz CT molecular complexity index is 154. The van der Waals surface area contributed by atoms with Gasteiger partial charge in [0, 0.05) is 0 Å². The summed E-state index contributed by atoms with van der Waals surface area (Å²) in [5.74, 6) is -0.443. The van der Waals surface area contributed by atoms with E-state index in [-0.39, 0.29) is 5.92 Å². The fourth-order valence-electron chi connectivity index (χ4n) is 1.91. The highest BCUT2D eigenvalue weighted by Crippen LogP contribution is 2.21. The number of hydrogen-bond acceptors (Lipinski definition) is 1. The van der Waals surface area contributed by atoms with Gasteiger partial charge in [-0.05, 0) is 18.8 Å². The van der Waals surface area contributed by atoms with E-state index in [2.05, 4.69) is 13.8 Å². The van der Waals surface area contributed by atoms with Gasteiger partial charge >= 0.3 is 5.97 Å². The van der Waals surface area contributed by atoms with E-state index < -0.39 is 5.97 Å². The molecule has 0 saturated heterocycles. The Kier molecular flexibility index (Phi) is 7.54. The van der Waals surface area contributed by atoms with Crippen LogP contribution in [0.4, 0.5) is 0 Å². The average Bonchev–Trinajstić information content (AvgIpc) is 2.13. The monoisotopic (exact) mass is 200 g/mol. The lowest BCUT2D eigenvalue weighted by Crippen LogP contribution is -2.20. The molecule has 0 saturated carbocycles. The maximum atomic E-state index is 10.9. The van der Waals surface area contributed by atoms with Gasteiger partial charge in [-0.15, -0.1) is 0 Å². The molecule has 2 atom stereocenters. The Morgan fingerprint density at radius 3 is 2.29 bits per heavy atom. The Labute approximate surface area is 87.7 Å². The number of carboxylic acid groups (broad SMARTS) is 1. The molecule has 0 aliphatic rings. The van der Waals surface area contributed by atoms with Crippen LogP contribution < -0.4 is 0 Å². The van der Waals surface area contributed by atoms with Gasteiger partial charge in [-0.1, -0.05) is 46.5 Å². The second-order valence-electron chi connectivity index (χ2n) is 4.18. The molecule has 0 aliphatic heterocycles. The topological polar surface area (TPSA) is 37.3 Å². The highest BCUT2D eigenvalue weighted by Gasteiger charge is 2.21. The number of rotatable bonds is 8. The van der Waals surface area contributed by atoms with Crippen molar-refractivity contribution in [3.8, 4) is 0 Å². The number of hydrogen-bond donors (Lipinski definition) is 1. The summed E-state index contributed by atoms with van der Waals surface area (Å²) < 4.78 is 0. The Balaban J connectivity index is 3.69. The van der Waals surface area contributed by atoms with Crippen molar-refractivity contribution in [1.29, 1.82) is 0 Å². The minimum Gasteiger partial charge on any atom is -0.481 e. The fourth-order valence-corrected chi connectivity index (χ4v) is 1.91. The van der Waals surface area contributed by atoms with Gasteiger partial charge in [0.2, 0.25) is 0 Å². The van der Waals surface area contributed by atoms with E-state index >= 15 is 0 Å². The molecule has 2 heteroatoms. The van der Waals surface area contributed by atoms with E-state index in [1.165, 1.54) is 25.7 Å². The zero-order chi connectivity index (χ0) is 11.0. The summed E-state index contributed by atoms with van der Waals surface area (Å²) in [4.78, 5) is 10.9. The van der Waals surface area contributed by atoms with Crippen LogP contribution in [0.2, 0.25) is 0 Å². The van der Waals surface area contributed by atoms with Crippen molar-refractivity contribution < 1.29 is 9.90 Å². The first-order valence-electron chi connectivity index (χ1n) is 5.86. The average molecular weight is 200 g/mol. The largest absolute Gasteiger partial charge is 0.481 e. The van der Waals surface area contributed by atoms with Gasteiger partial charge in [0.15, 0.2) is 0 Å². The van der Waals surface area contributed by atoms with E-state index in [0.29, 0.717) is 5.92 Å². The molecule has 0 bridgehead atoms. The second kappa shape index (κ2) is 7.84. The summed E-state index contributed by atoms with van der Waals surface area (Å²) >= 11 is 0. The van der Waals surface area contributed by atoms with Gasteiger partial charge in [0.25, 0.3) is 0 Å². The zero-order valence-corrected chi connectivity index (χ0v) is 9.75. The first kappa shape index (κ1) is 13.5. The lowest BCUT2D eigenvalue weighted by atomic mass is 9.87. The van der Waals surface area contributed by atoms with Gasteiger partial charge < -0.3 is 5.11 Å². The molecule has 0 fully saturated rings. The summed E-state index contributed by atoms with van der Waals surface area (Å²) in [7, 11) is 0. The second-order valence-corrected chi connectivity index (χ2v) is 4.18. The van der Waals surface area contributed by atoms with Crippen molar-refractivity contribution in [1.82, 2.24) is 0 Å². The van der Waals surface area contributed by atoms with E-state index in [1.807, 2.05) is 6.92 Å². The van der Waals surface area contributed by atoms with E-state index in [0.717, 1.165) is 12.8 Å². The number of carboxylic acids is 1. The van der Waals surface area contributed by atoms with Crippen LogP contribution in [-0.2, 0) is 4.79 Å². The molecule has 1 N–H and O–H groups in total. The Hall–Kier alpha value is -0.530. The SMILES string of the molecule is CCCCCCC(C)C(CC)C(=O)O. The molecule has 0 aromatic carbocycles. The van der Waals surface area contributed by atoms with Crippen molar-refractivity contribution in [2.24, 2.45) is 11.8 Å². The molecule has 0 aromatic rings. The van der Waals surface area contributed by atoms with E-state index in [1.54, 1.807) is 0 Å². The van der Waals surface area contributed by atoms with E-state index in [9.17, 15) is 4.79 Å². The van der Waals surface area contributed by atoms with Crippen LogP contribution in [0.5, 0.6) is 0 Å². The molecule has 14 heavy (non-hydrogen) atoms. The summed E-state index contributed by atoms with van der Waals surface area (Å²) in [5, 5.41) is 8.95. The minimum atomic E-state index is -0.629. The summed E-state index contributed by atoms with van der Waals surface area (Å²) in [6, 6.07) is 0. The van der Waals surface area contributed by atoms with E-state index in [4.69, 9.17) is 5.11 Å². The standard InChI is InChI=1S/C12H24O2/c1-4-6-7-8-9-10(3)11(5-2)12(13)14/h10-11H,4-9H2,1-3H3,(H,13,14). The fraction of sp³-hybridized carbons (Fsp3) is 0.917. The molecular weight excluding hydrogens is 176 g/mol. The molecule has 0 heterocycles. The van der Waals surface area contributed by atoms with Crippen LogP contribution in [0.3, 0.4) is 0 Å². The lowest BCUT2D eigenvalue weighted by molar-refractivity contribution is -0.143. The van der Waals surface area contributed by atoms with Crippen LogP contribution >= 0.6 is 0 Å². The predicted octanol–water partition coefficient (Wildman–Crippen LogP) is 3.70. The van der Waals surface area contributed by atoms with Crippen LogP contribution in [-0.4, -0.2) is 11.1 Å². The molecule has 84 valence electrons. The molecular formula is C12H24O2. The third-order valence-corrected chi connectivity index (χ3v) is 2.96. The van der Waals surface area contributed by atoms with Crippen molar-refractivity contribution in [3.63, 3.8) is 0 Å². The quantitative estimate of drug-likeness (QED) is 0.606. The summed E-state index contributed by atoms with van der Waals surface area (Å²) in [6.07, 6.45) is 6.76. The van der Waals surface area contributed by atoms with Crippen molar-refractivity contribution in [3.05, 3.63) is 0 Å². The summed E-state index contributed by atoms with van der Waals surface area (Å²) in [6.45, 7) is 6.21. The molecule has 2 nitrogen and oxygen atoms in total. The highest BCUT2D eigenvalue weighted by atomic mass is 16.4. The van der Waals surface area contributed by atoms with Crippen molar-refractivity contribution in [2.75, 3.05) is 0 Å². The van der Waals surface area contributed by atoms with Gasteiger partial charge in [-0.2, -0.15) is 0 Å². The van der Waals surface area contributed by atoms with Crippen molar-refractivity contribution >= 4 is 5.97 Å². The first-order chi connectivity index (χ1) is 6.63. The number of carbonyl (C=O) groups is 1. The first-order valence-corrected chi connectivity index (χ1v) is 5.86. The molecule has 0 radical (unpaired) electrons. The maximum absolute atomic E-state index is 10.9. The highest BCUT2D eigenvalue weighted by molar-refractivity contribution is 5.70. The molecule has 0 spiro atoms. The molecule has 2 unspecified atom stereocenters. The third-order valence-electron chi connectivity index (χ3n) is 2.96. The Morgan fingerprint density at radius 1 is 1.21 bits per heavy atom. The zero-order valence-electron chi connectivity index (χ0n) is 9.75. The lowest BCUT2D eigenvalue weighted by Gasteiger charge is -2.18. The van der Waals surface area contributed by atoms with Crippen LogP contribution in [0.25, 0.3) is 0 Å². The normalized spacial score (nSPS) is 15.1. The van der Waals surface area contributed by atoms with Gasteiger partial charge in [-0.3, -0.25) is 4.79 Å². The molecule has 0 aliphatic carbocycles.